The van der Waals surface area contributed by atoms with Crippen molar-refractivity contribution in [2.75, 3.05) is 7.11 Å². The van der Waals surface area contributed by atoms with Crippen molar-refractivity contribution in [3.8, 4) is 0 Å². The highest BCUT2D eigenvalue weighted by atomic mass is 16.8. The van der Waals surface area contributed by atoms with Gasteiger partial charge in [-0.15, -0.1) is 0 Å². The Bertz CT molecular complexity index is 676. The number of ether oxygens (including phenoxy) is 3. The van der Waals surface area contributed by atoms with Crippen LogP contribution >= 0.6 is 0 Å². The van der Waals surface area contributed by atoms with Gasteiger partial charge in [-0.25, -0.2) is 4.79 Å². The molecule has 4 aliphatic rings. The molecule has 0 radical (unpaired) electrons. The van der Waals surface area contributed by atoms with Gasteiger partial charge in [0.15, 0.2) is 5.60 Å². The van der Waals surface area contributed by atoms with Crippen LogP contribution in [0, 0.1) is 28.6 Å². The van der Waals surface area contributed by atoms with Crippen molar-refractivity contribution in [1.82, 2.24) is 0 Å². The Morgan fingerprint density at radius 1 is 1.22 bits per heavy atom. The van der Waals surface area contributed by atoms with E-state index in [0.717, 1.165) is 25.7 Å². The van der Waals surface area contributed by atoms with Crippen molar-refractivity contribution >= 4 is 11.9 Å². The Morgan fingerprint density at radius 2 is 1.93 bits per heavy atom. The highest BCUT2D eigenvalue weighted by molar-refractivity contribution is 5.84. The Balaban J connectivity index is 1.80. The molecule has 2 saturated heterocycles. The Morgan fingerprint density at radius 3 is 2.56 bits per heavy atom. The minimum absolute atomic E-state index is 0.0196. The molecular formula is C21H32O6. The third-order valence-electron chi connectivity index (χ3n) is 8.48. The van der Waals surface area contributed by atoms with Gasteiger partial charge in [-0.3, -0.25) is 4.79 Å². The van der Waals surface area contributed by atoms with Crippen LogP contribution in [-0.4, -0.2) is 41.6 Å². The maximum absolute atomic E-state index is 13.1. The highest BCUT2D eigenvalue weighted by Crippen LogP contribution is 2.68. The van der Waals surface area contributed by atoms with Gasteiger partial charge < -0.3 is 19.3 Å². The van der Waals surface area contributed by atoms with Crippen LogP contribution in [0.2, 0.25) is 0 Å². The third-order valence-corrected chi connectivity index (χ3v) is 8.48. The molecule has 1 N–H and O–H groups in total. The zero-order chi connectivity index (χ0) is 19.8. The summed E-state index contributed by atoms with van der Waals surface area (Å²) in [5, 5.41) is 11.2. The fourth-order valence-corrected chi connectivity index (χ4v) is 6.98. The van der Waals surface area contributed by atoms with E-state index in [4.69, 9.17) is 14.2 Å². The number of fused-ring (bicyclic) bond motifs is 3. The lowest BCUT2D eigenvalue weighted by atomic mass is 9.43. The van der Waals surface area contributed by atoms with Crippen molar-refractivity contribution in [2.45, 2.75) is 83.7 Å². The van der Waals surface area contributed by atoms with Gasteiger partial charge in [0.2, 0.25) is 5.79 Å². The lowest BCUT2D eigenvalue weighted by Crippen LogP contribution is -2.69. The zero-order valence-electron chi connectivity index (χ0n) is 17.0. The van der Waals surface area contributed by atoms with Crippen LogP contribution < -0.4 is 0 Å². The van der Waals surface area contributed by atoms with Gasteiger partial charge >= 0.3 is 11.9 Å². The molecule has 0 aromatic heterocycles. The van der Waals surface area contributed by atoms with E-state index in [1.165, 1.54) is 7.11 Å². The van der Waals surface area contributed by atoms with Gasteiger partial charge in [0.05, 0.1) is 18.6 Å². The number of methoxy groups -OCH3 is 1. The van der Waals surface area contributed by atoms with E-state index in [2.05, 4.69) is 6.92 Å². The molecule has 2 saturated carbocycles. The minimum atomic E-state index is -1.30. The van der Waals surface area contributed by atoms with E-state index >= 15 is 0 Å². The molecule has 2 aliphatic carbocycles. The van der Waals surface area contributed by atoms with Crippen LogP contribution in [0.4, 0.5) is 0 Å². The molecular weight excluding hydrogens is 348 g/mol. The maximum Gasteiger partial charge on any atom is 0.344 e. The van der Waals surface area contributed by atoms with Crippen molar-refractivity contribution in [2.24, 2.45) is 28.6 Å². The SMILES string of the molecule is COC(=O)[C@]1(C)CCC[C@]2(C)[C@H]3CC[C@]4(C(C)C)OC(=O)[C@]3(O4)[C@H](O)C[C@H]21. The quantitative estimate of drug-likeness (QED) is 0.742. The molecule has 1 spiro atoms. The molecule has 0 amide bonds. The van der Waals surface area contributed by atoms with Crippen LogP contribution in [-0.2, 0) is 23.8 Å². The summed E-state index contributed by atoms with van der Waals surface area (Å²) in [6.45, 7) is 8.11. The summed E-state index contributed by atoms with van der Waals surface area (Å²) in [6, 6.07) is 0. The third kappa shape index (κ3) is 2.14. The molecule has 4 rings (SSSR count). The van der Waals surface area contributed by atoms with E-state index in [1.807, 2.05) is 20.8 Å². The second-order valence-electron chi connectivity index (χ2n) is 9.91. The van der Waals surface area contributed by atoms with Gasteiger partial charge in [-0.2, -0.15) is 0 Å². The molecule has 6 nitrogen and oxygen atoms in total. The topological polar surface area (TPSA) is 82.1 Å². The van der Waals surface area contributed by atoms with Crippen LogP contribution in [0.15, 0.2) is 0 Å². The standard InChI is InChI=1S/C21H32O6/c1-12(2)20-10-7-13-18(3)8-6-9-19(4,16(23)25-5)14(18)11-15(22)21(13,27-20)17(24)26-20/h12-15,22H,6-11H2,1-5H3/t13-,14-,15-,18-,19-,20+,21-/m1/s1. The second-order valence-corrected chi connectivity index (χ2v) is 9.91. The lowest BCUT2D eigenvalue weighted by Gasteiger charge is -2.63. The average molecular weight is 380 g/mol. The molecule has 0 aromatic rings. The number of hydrogen-bond donors (Lipinski definition) is 1. The largest absolute Gasteiger partial charge is 0.469 e. The molecule has 2 bridgehead atoms. The molecule has 4 fully saturated rings. The molecule has 0 unspecified atom stereocenters. The van der Waals surface area contributed by atoms with E-state index in [1.54, 1.807) is 0 Å². The number of carbonyl (C=O) groups is 2. The highest BCUT2D eigenvalue weighted by Gasteiger charge is 2.76. The van der Waals surface area contributed by atoms with E-state index in [0.29, 0.717) is 12.8 Å². The van der Waals surface area contributed by atoms with Gasteiger partial charge in [0.1, 0.15) is 0 Å². The van der Waals surface area contributed by atoms with Crippen LogP contribution in [0.5, 0.6) is 0 Å². The van der Waals surface area contributed by atoms with Gasteiger partial charge in [0, 0.05) is 18.3 Å². The first kappa shape index (κ1) is 19.2. The summed E-state index contributed by atoms with van der Waals surface area (Å²) in [5.74, 6) is -1.77. The minimum Gasteiger partial charge on any atom is -0.469 e. The van der Waals surface area contributed by atoms with E-state index in [-0.39, 0.29) is 29.1 Å². The summed E-state index contributed by atoms with van der Waals surface area (Å²) in [4.78, 5) is 25.8. The normalized spacial score (nSPS) is 51.4. The first-order valence-corrected chi connectivity index (χ1v) is 10.3. The van der Waals surface area contributed by atoms with Gasteiger partial charge in [-0.1, -0.05) is 27.2 Å². The monoisotopic (exact) mass is 380 g/mol. The van der Waals surface area contributed by atoms with Crippen LogP contribution in [0.3, 0.4) is 0 Å². The van der Waals surface area contributed by atoms with Gasteiger partial charge in [0.25, 0.3) is 0 Å². The number of esters is 2. The number of carbonyl (C=O) groups excluding carboxylic acids is 2. The number of hydrogen-bond acceptors (Lipinski definition) is 6. The molecule has 7 atom stereocenters. The Hall–Kier alpha value is -1.14. The summed E-state index contributed by atoms with van der Waals surface area (Å²) in [6.07, 6.45) is 3.31. The molecule has 2 aliphatic heterocycles. The zero-order valence-corrected chi connectivity index (χ0v) is 17.0. The average Bonchev–Trinajstić information content (AvgIpc) is 2.85. The Labute approximate surface area is 160 Å². The maximum atomic E-state index is 13.1. The summed E-state index contributed by atoms with van der Waals surface area (Å²) >= 11 is 0. The smallest absolute Gasteiger partial charge is 0.344 e. The Kier molecular flexibility index (Phi) is 4.05. The van der Waals surface area contributed by atoms with E-state index in [9.17, 15) is 14.7 Å². The summed E-state index contributed by atoms with van der Waals surface area (Å²) in [7, 11) is 1.43. The number of aliphatic hydroxyl groups is 1. The molecule has 27 heavy (non-hydrogen) atoms. The predicted molar refractivity (Wildman–Crippen MR) is 96.4 cm³/mol. The molecule has 2 heterocycles. The molecule has 6 heteroatoms. The second kappa shape index (κ2) is 5.69. The fraction of sp³-hybridized carbons (Fsp3) is 0.905. The van der Waals surface area contributed by atoms with Crippen molar-refractivity contribution < 1.29 is 28.9 Å². The molecule has 152 valence electrons. The summed E-state index contributed by atoms with van der Waals surface area (Å²) < 4.78 is 17.3. The molecule has 0 aromatic carbocycles. The first-order chi connectivity index (χ1) is 12.6. The summed E-state index contributed by atoms with van der Waals surface area (Å²) in [5.41, 5.74) is -2.24. The van der Waals surface area contributed by atoms with Gasteiger partial charge in [-0.05, 0) is 43.9 Å². The lowest BCUT2D eigenvalue weighted by molar-refractivity contribution is -0.307. The van der Waals surface area contributed by atoms with Crippen LogP contribution in [0.25, 0.3) is 0 Å². The van der Waals surface area contributed by atoms with Crippen molar-refractivity contribution in [3.05, 3.63) is 0 Å². The van der Waals surface area contributed by atoms with Crippen LogP contribution in [0.1, 0.15) is 66.2 Å². The number of aliphatic hydroxyl groups excluding tert-OH is 1. The van der Waals surface area contributed by atoms with Crippen molar-refractivity contribution in [1.29, 1.82) is 0 Å². The van der Waals surface area contributed by atoms with E-state index < -0.39 is 28.9 Å². The first-order valence-electron chi connectivity index (χ1n) is 10.3. The fourth-order valence-electron chi connectivity index (χ4n) is 6.98. The number of rotatable bonds is 2. The predicted octanol–water partition coefficient (Wildman–Crippen LogP) is 2.81. The van der Waals surface area contributed by atoms with Crippen molar-refractivity contribution in [3.63, 3.8) is 0 Å².